The molecule has 0 unspecified atom stereocenters. The number of hydrogen-bond acceptors (Lipinski definition) is 2. The predicted molar refractivity (Wildman–Crippen MR) is 40.5 cm³/mol. The Morgan fingerprint density at radius 2 is 2.33 bits per heavy atom. The molecule has 0 saturated heterocycles. The predicted octanol–water partition coefficient (Wildman–Crippen LogP) is 1.50. The summed E-state index contributed by atoms with van der Waals surface area (Å²) in [6.07, 6.45) is -0.364. The van der Waals surface area contributed by atoms with E-state index >= 15 is 0 Å². The molecule has 0 radical (unpaired) electrons. The van der Waals surface area contributed by atoms with Crippen molar-refractivity contribution in [2.75, 3.05) is 0 Å². The van der Waals surface area contributed by atoms with E-state index in [9.17, 15) is 9.18 Å². The summed E-state index contributed by atoms with van der Waals surface area (Å²) in [5.74, 6) is -1.81. The summed E-state index contributed by atoms with van der Waals surface area (Å²) in [4.78, 5) is 13.5. The lowest BCUT2D eigenvalue weighted by atomic mass is 10.3. The van der Waals surface area contributed by atoms with Crippen molar-refractivity contribution < 1.29 is 14.3 Å². The van der Waals surface area contributed by atoms with Gasteiger partial charge in [0.25, 0.3) is 0 Å². The van der Waals surface area contributed by atoms with Crippen molar-refractivity contribution in [3.05, 3.63) is 28.8 Å². The molecular formula is C7H5ClFNO2. The van der Waals surface area contributed by atoms with Gasteiger partial charge in [0.05, 0.1) is 17.1 Å². The first kappa shape index (κ1) is 8.93. The molecule has 3 nitrogen and oxygen atoms in total. The van der Waals surface area contributed by atoms with Crippen LogP contribution in [0.2, 0.25) is 5.02 Å². The van der Waals surface area contributed by atoms with E-state index < -0.39 is 11.9 Å². The summed E-state index contributed by atoms with van der Waals surface area (Å²) in [6, 6.07) is 2.36. The fraction of sp³-hybridized carbons (Fsp3) is 0.143. The van der Waals surface area contributed by atoms with Crippen LogP contribution in [0.1, 0.15) is 5.69 Å². The molecule has 0 saturated carbocycles. The fourth-order valence-corrected chi connectivity index (χ4v) is 0.897. The normalized spacial score (nSPS) is 9.83. The molecule has 0 amide bonds. The number of aromatic nitrogens is 1. The number of hydrogen-bond donors (Lipinski definition) is 1. The Kier molecular flexibility index (Phi) is 2.60. The molecule has 1 N–H and O–H groups in total. The zero-order valence-electron chi connectivity index (χ0n) is 5.92. The topological polar surface area (TPSA) is 50.2 Å². The second kappa shape index (κ2) is 3.49. The van der Waals surface area contributed by atoms with Crippen LogP contribution in [0, 0.1) is 5.95 Å². The van der Waals surface area contributed by atoms with Crippen molar-refractivity contribution in [2.45, 2.75) is 6.42 Å². The molecule has 1 aromatic heterocycles. The van der Waals surface area contributed by atoms with E-state index in [4.69, 9.17) is 16.7 Å². The molecule has 12 heavy (non-hydrogen) atoms. The first-order chi connectivity index (χ1) is 5.59. The monoisotopic (exact) mass is 189 g/mol. The van der Waals surface area contributed by atoms with Crippen molar-refractivity contribution in [2.24, 2.45) is 0 Å². The molecule has 0 spiro atoms. The lowest BCUT2D eigenvalue weighted by Crippen LogP contribution is -2.03. The molecule has 0 fully saturated rings. The number of carboxylic acids is 1. The largest absolute Gasteiger partial charge is 0.481 e. The molecular weight excluding hydrogens is 185 g/mol. The summed E-state index contributed by atoms with van der Waals surface area (Å²) in [7, 11) is 0. The molecule has 0 atom stereocenters. The van der Waals surface area contributed by atoms with Gasteiger partial charge in [-0.2, -0.15) is 4.39 Å². The van der Waals surface area contributed by atoms with E-state index in [0.717, 1.165) is 6.07 Å². The smallest absolute Gasteiger partial charge is 0.309 e. The van der Waals surface area contributed by atoms with Gasteiger partial charge in [-0.3, -0.25) is 4.79 Å². The van der Waals surface area contributed by atoms with Gasteiger partial charge in [-0.05, 0) is 12.1 Å². The van der Waals surface area contributed by atoms with Gasteiger partial charge in [0, 0.05) is 0 Å². The summed E-state index contributed by atoms with van der Waals surface area (Å²) in [6.45, 7) is 0. The first-order valence-corrected chi connectivity index (χ1v) is 3.50. The van der Waals surface area contributed by atoms with Gasteiger partial charge in [0.15, 0.2) is 0 Å². The van der Waals surface area contributed by atoms with E-state index in [0.29, 0.717) is 0 Å². The SMILES string of the molecule is O=C(O)Cc1nc(F)ccc1Cl. The third-order valence-corrected chi connectivity index (χ3v) is 1.55. The number of halogens is 2. The Hall–Kier alpha value is -1.16. The van der Waals surface area contributed by atoms with Gasteiger partial charge in [-0.15, -0.1) is 0 Å². The summed E-state index contributed by atoms with van der Waals surface area (Å²) in [5.41, 5.74) is 0.0455. The standard InChI is InChI=1S/C7H5ClFNO2/c8-4-1-2-6(9)10-5(4)3-7(11)12/h1-2H,3H2,(H,11,12). The van der Waals surface area contributed by atoms with Crippen molar-refractivity contribution in [3.63, 3.8) is 0 Å². The summed E-state index contributed by atoms with van der Waals surface area (Å²) >= 11 is 5.55. The third-order valence-electron chi connectivity index (χ3n) is 1.20. The number of nitrogens with zero attached hydrogens (tertiary/aromatic N) is 1. The highest BCUT2D eigenvalue weighted by atomic mass is 35.5. The minimum Gasteiger partial charge on any atom is -0.481 e. The van der Waals surface area contributed by atoms with Crippen LogP contribution in [0.3, 0.4) is 0 Å². The van der Waals surface area contributed by atoms with Crippen molar-refractivity contribution in [3.8, 4) is 0 Å². The number of carboxylic acid groups (broad SMARTS) is 1. The second-order valence-electron chi connectivity index (χ2n) is 2.13. The zero-order chi connectivity index (χ0) is 9.14. The lowest BCUT2D eigenvalue weighted by Gasteiger charge is -1.98. The highest BCUT2D eigenvalue weighted by Gasteiger charge is 2.07. The Morgan fingerprint density at radius 3 is 2.92 bits per heavy atom. The van der Waals surface area contributed by atoms with Crippen LogP contribution in [0.5, 0.6) is 0 Å². The molecule has 0 aliphatic rings. The molecule has 0 aliphatic heterocycles. The van der Waals surface area contributed by atoms with Crippen LogP contribution in [-0.2, 0) is 11.2 Å². The summed E-state index contributed by atoms with van der Waals surface area (Å²) in [5, 5.41) is 8.53. The molecule has 1 heterocycles. The lowest BCUT2D eigenvalue weighted by molar-refractivity contribution is -0.136. The third kappa shape index (κ3) is 2.17. The van der Waals surface area contributed by atoms with E-state index in [1.807, 2.05) is 0 Å². The van der Waals surface area contributed by atoms with Gasteiger partial charge in [0.1, 0.15) is 0 Å². The molecule has 5 heteroatoms. The van der Waals surface area contributed by atoms with Crippen LogP contribution in [0.15, 0.2) is 12.1 Å². The Labute approximate surface area is 72.8 Å². The van der Waals surface area contributed by atoms with Crippen LogP contribution in [0.4, 0.5) is 4.39 Å². The molecule has 1 aromatic rings. The molecule has 64 valence electrons. The highest BCUT2D eigenvalue weighted by molar-refractivity contribution is 6.31. The van der Waals surface area contributed by atoms with Crippen molar-refractivity contribution >= 4 is 17.6 Å². The van der Waals surface area contributed by atoms with E-state index in [2.05, 4.69) is 4.98 Å². The second-order valence-corrected chi connectivity index (χ2v) is 2.54. The van der Waals surface area contributed by atoms with Crippen molar-refractivity contribution in [1.29, 1.82) is 0 Å². The Balaban J connectivity index is 2.97. The van der Waals surface area contributed by atoms with Crippen LogP contribution >= 0.6 is 11.6 Å². The van der Waals surface area contributed by atoms with Crippen molar-refractivity contribution in [1.82, 2.24) is 4.98 Å². The van der Waals surface area contributed by atoms with Crippen LogP contribution < -0.4 is 0 Å². The number of rotatable bonds is 2. The molecule has 0 aliphatic carbocycles. The van der Waals surface area contributed by atoms with Gasteiger partial charge in [0.2, 0.25) is 5.95 Å². The van der Waals surface area contributed by atoms with Gasteiger partial charge in [-0.1, -0.05) is 11.6 Å². The van der Waals surface area contributed by atoms with Crippen LogP contribution in [0.25, 0.3) is 0 Å². The number of aliphatic carboxylic acids is 1. The minimum absolute atomic E-state index is 0.0455. The molecule has 0 aromatic carbocycles. The summed E-state index contributed by atoms with van der Waals surface area (Å²) < 4.78 is 12.4. The average molecular weight is 190 g/mol. The fourth-order valence-electron chi connectivity index (χ4n) is 0.725. The highest BCUT2D eigenvalue weighted by Crippen LogP contribution is 2.13. The Bertz CT molecular complexity index is 316. The average Bonchev–Trinajstić information content (AvgIpc) is 1.96. The van der Waals surface area contributed by atoms with Gasteiger partial charge >= 0.3 is 5.97 Å². The minimum atomic E-state index is -1.09. The number of carbonyl (C=O) groups is 1. The molecule has 0 bridgehead atoms. The van der Waals surface area contributed by atoms with E-state index in [1.165, 1.54) is 6.07 Å². The van der Waals surface area contributed by atoms with Crippen LogP contribution in [-0.4, -0.2) is 16.1 Å². The van der Waals surface area contributed by atoms with Gasteiger partial charge in [-0.25, -0.2) is 4.98 Å². The van der Waals surface area contributed by atoms with E-state index in [1.54, 1.807) is 0 Å². The zero-order valence-corrected chi connectivity index (χ0v) is 6.68. The maximum atomic E-state index is 12.4. The molecule has 1 rings (SSSR count). The maximum absolute atomic E-state index is 12.4. The quantitative estimate of drug-likeness (QED) is 0.718. The van der Waals surface area contributed by atoms with E-state index in [-0.39, 0.29) is 17.1 Å². The maximum Gasteiger partial charge on any atom is 0.309 e. The van der Waals surface area contributed by atoms with Gasteiger partial charge < -0.3 is 5.11 Å². The number of pyridine rings is 1. The first-order valence-electron chi connectivity index (χ1n) is 3.12. The Morgan fingerprint density at radius 1 is 1.67 bits per heavy atom.